The van der Waals surface area contributed by atoms with Gasteiger partial charge in [0.15, 0.2) is 5.82 Å². The SMILES string of the molecule is Cc1ccc(-n2nccn2)c(C(=O)N2CCOC2Cc2cnn(-c3ccc(F)cn3)c2)c1. The lowest BCUT2D eigenvalue weighted by molar-refractivity contribution is 0.0285. The van der Waals surface area contributed by atoms with Crippen molar-refractivity contribution in [1.29, 1.82) is 0 Å². The van der Waals surface area contributed by atoms with Gasteiger partial charge in [-0.25, -0.2) is 14.1 Å². The summed E-state index contributed by atoms with van der Waals surface area (Å²) < 4.78 is 20.6. The third-order valence-electron chi connectivity index (χ3n) is 5.26. The number of aryl methyl sites for hydroxylation is 1. The van der Waals surface area contributed by atoms with Crippen LogP contribution in [0.15, 0.2) is 61.3 Å². The van der Waals surface area contributed by atoms with Crippen LogP contribution in [0.2, 0.25) is 0 Å². The van der Waals surface area contributed by atoms with E-state index in [2.05, 4.69) is 20.3 Å². The number of benzene rings is 1. The van der Waals surface area contributed by atoms with Crippen LogP contribution < -0.4 is 0 Å². The number of carbonyl (C=O) groups is 1. The Morgan fingerprint density at radius 2 is 2.00 bits per heavy atom. The van der Waals surface area contributed by atoms with Crippen LogP contribution >= 0.6 is 0 Å². The molecule has 0 N–H and O–H groups in total. The van der Waals surface area contributed by atoms with Gasteiger partial charge in [-0.1, -0.05) is 11.6 Å². The molecular weight excluding hydrogens is 413 g/mol. The van der Waals surface area contributed by atoms with E-state index in [-0.39, 0.29) is 5.91 Å². The summed E-state index contributed by atoms with van der Waals surface area (Å²) in [7, 11) is 0. The molecule has 1 unspecified atom stereocenters. The molecule has 0 radical (unpaired) electrons. The fourth-order valence-electron chi connectivity index (χ4n) is 3.71. The van der Waals surface area contributed by atoms with Crippen molar-refractivity contribution < 1.29 is 13.9 Å². The molecule has 1 aliphatic heterocycles. The van der Waals surface area contributed by atoms with E-state index in [1.807, 2.05) is 25.1 Å². The van der Waals surface area contributed by atoms with Crippen molar-refractivity contribution in [2.24, 2.45) is 0 Å². The minimum atomic E-state index is -0.430. The highest BCUT2D eigenvalue weighted by molar-refractivity contribution is 5.98. The molecule has 4 heterocycles. The van der Waals surface area contributed by atoms with Crippen molar-refractivity contribution in [3.8, 4) is 11.5 Å². The van der Waals surface area contributed by atoms with E-state index in [4.69, 9.17) is 4.74 Å². The van der Waals surface area contributed by atoms with Crippen molar-refractivity contribution in [2.45, 2.75) is 19.6 Å². The van der Waals surface area contributed by atoms with Crippen molar-refractivity contribution in [1.82, 2.24) is 34.7 Å². The fourth-order valence-corrected chi connectivity index (χ4v) is 3.71. The molecule has 10 heteroatoms. The Balaban J connectivity index is 1.37. The average molecular weight is 433 g/mol. The van der Waals surface area contributed by atoms with E-state index in [1.165, 1.54) is 10.9 Å². The van der Waals surface area contributed by atoms with Crippen LogP contribution in [-0.2, 0) is 11.2 Å². The number of amides is 1. The molecule has 3 aromatic heterocycles. The predicted molar refractivity (Wildman–Crippen MR) is 112 cm³/mol. The van der Waals surface area contributed by atoms with Crippen LogP contribution in [0.5, 0.6) is 0 Å². The summed E-state index contributed by atoms with van der Waals surface area (Å²) >= 11 is 0. The molecule has 1 aliphatic rings. The molecule has 0 aliphatic carbocycles. The predicted octanol–water partition coefficient (Wildman–Crippen LogP) is 2.34. The first-order valence-electron chi connectivity index (χ1n) is 10.1. The van der Waals surface area contributed by atoms with E-state index in [1.54, 1.807) is 40.4 Å². The van der Waals surface area contributed by atoms with Crippen LogP contribution in [-0.4, -0.2) is 59.9 Å². The Labute approximate surface area is 183 Å². The number of carbonyl (C=O) groups excluding carboxylic acids is 1. The van der Waals surface area contributed by atoms with E-state index >= 15 is 0 Å². The first-order chi connectivity index (χ1) is 15.6. The molecule has 1 atom stereocenters. The smallest absolute Gasteiger partial charge is 0.258 e. The Hall–Kier alpha value is -3.92. The molecule has 0 bridgehead atoms. The zero-order valence-electron chi connectivity index (χ0n) is 17.3. The number of pyridine rings is 1. The summed E-state index contributed by atoms with van der Waals surface area (Å²) in [5.74, 6) is -0.0411. The van der Waals surface area contributed by atoms with Gasteiger partial charge in [0, 0.05) is 19.2 Å². The molecule has 1 amide bonds. The summed E-state index contributed by atoms with van der Waals surface area (Å²) in [5, 5.41) is 12.6. The van der Waals surface area contributed by atoms with Crippen LogP contribution in [0.3, 0.4) is 0 Å². The van der Waals surface area contributed by atoms with Gasteiger partial charge in [0.25, 0.3) is 5.91 Å². The summed E-state index contributed by atoms with van der Waals surface area (Å²) in [5.41, 5.74) is 2.97. The first kappa shape index (κ1) is 20.0. The molecule has 1 saturated heterocycles. The molecule has 32 heavy (non-hydrogen) atoms. The quantitative estimate of drug-likeness (QED) is 0.480. The minimum Gasteiger partial charge on any atom is -0.356 e. The summed E-state index contributed by atoms with van der Waals surface area (Å²) in [6, 6.07) is 8.49. The maximum atomic E-state index is 13.5. The van der Waals surface area contributed by atoms with Crippen molar-refractivity contribution in [2.75, 3.05) is 13.2 Å². The highest BCUT2D eigenvalue weighted by atomic mass is 19.1. The van der Waals surface area contributed by atoms with Gasteiger partial charge in [-0.2, -0.15) is 20.1 Å². The Morgan fingerprint density at radius 3 is 2.78 bits per heavy atom. The number of halogens is 1. The van der Waals surface area contributed by atoms with Crippen LogP contribution in [0.4, 0.5) is 4.39 Å². The molecule has 162 valence electrons. The average Bonchev–Trinajstić information content (AvgIpc) is 3.56. The third-order valence-corrected chi connectivity index (χ3v) is 5.26. The van der Waals surface area contributed by atoms with Gasteiger partial charge in [-0.3, -0.25) is 4.79 Å². The number of hydrogen-bond acceptors (Lipinski definition) is 6. The van der Waals surface area contributed by atoms with E-state index < -0.39 is 12.0 Å². The summed E-state index contributed by atoms with van der Waals surface area (Å²) in [4.78, 5) is 20.7. The molecule has 5 rings (SSSR count). The lowest BCUT2D eigenvalue weighted by Gasteiger charge is -2.24. The van der Waals surface area contributed by atoms with Crippen LogP contribution in [0.1, 0.15) is 21.5 Å². The second-order valence-electron chi connectivity index (χ2n) is 7.50. The fraction of sp³-hybridized carbons (Fsp3) is 0.227. The largest absolute Gasteiger partial charge is 0.356 e. The lowest BCUT2D eigenvalue weighted by Crippen LogP contribution is -2.38. The van der Waals surface area contributed by atoms with Gasteiger partial charge in [0.2, 0.25) is 0 Å². The van der Waals surface area contributed by atoms with E-state index in [0.717, 1.165) is 17.3 Å². The van der Waals surface area contributed by atoms with Gasteiger partial charge in [-0.15, -0.1) is 0 Å². The summed E-state index contributed by atoms with van der Waals surface area (Å²) in [6.45, 7) is 2.87. The lowest BCUT2D eigenvalue weighted by atomic mass is 10.1. The maximum Gasteiger partial charge on any atom is 0.258 e. The number of ether oxygens (including phenoxy) is 1. The summed E-state index contributed by atoms with van der Waals surface area (Å²) in [6.07, 6.45) is 7.82. The topological polar surface area (TPSA) is 91.0 Å². The van der Waals surface area contributed by atoms with Gasteiger partial charge < -0.3 is 9.64 Å². The molecule has 0 spiro atoms. The van der Waals surface area contributed by atoms with Crippen LogP contribution in [0, 0.1) is 12.7 Å². The normalized spacial score (nSPS) is 15.9. The number of aromatic nitrogens is 6. The molecular formula is C22H20FN7O2. The number of hydrogen-bond donors (Lipinski definition) is 0. The highest BCUT2D eigenvalue weighted by Crippen LogP contribution is 2.23. The monoisotopic (exact) mass is 433 g/mol. The van der Waals surface area contributed by atoms with E-state index in [0.29, 0.717) is 36.6 Å². The van der Waals surface area contributed by atoms with E-state index in [9.17, 15) is 9.18 Å². The minimum absolute atomic E-state index is 0.143. The van der Waals surface area contributed by atoms with Crippen LogP contribution in [0.25, 0.3) is 11.5 Å². The second kappa shape index (κ2) is 8.31. The number of nitrogens with zero attached hydrogens (tertiary/aromatic N) is 7. The Kier molecular flexibility index (Phi) is 5.20. The third kappa shape index (κ3) is 3.87. The molecule has 0 saturated carbocycles. The zero-order chi connectivity index (χ0) is 22.1. The van der Waals surface area contributed by atoms with Gasteiger partial charge in [0.05, 0.1) is 42.6 Å². The van der Waals surface area contributed by atoms with Gasteiger partial charge in [0.1, 0.15) is 12.0 Å². The Bertz CT molecular complexity index is 1240. The van der Waals surface area contributed by atoms with Crippen molar-refractivity contribution in [3.63, 3.8) is 0 Å². The molecule has 1 fully saturated rings. The highest BCUT2D eigenvalue weighted by Gasteiger charge is 2.32. The standard InChI is InChI=1S/C22H20FN7O2/c1-15-2-4-19(30-25-6-7-26-30)18(10-15)22(31)28-8-9-32-21(28)11-16-12-27-29(14-16)20-5-3-17(23)13-24-20/h2-7,10,12-14,21H,8-9,11H2,1H3. The molecule has 9 nitrogen and oxygen atoms in total. The van der Waals surface area contributed by atoms with Crippen molar-refractivity contribution >= 4 is 5.91 Å². The second-order valence-corrected chi connectivity index (χ2v) is 7.50. The number of rotatable bonds is 5. The van der Waals surface area contributed by atoms with Gasteiger partial charge >= 0.3 is 0 Å². The molecule has 4 aromatic rings. The maximum absolute atomic E-state index is 13.5. The zero-order valence-corrected chi connectivity index (χ0v) is 17.3. The van der Waals surface area contributed by atoms with Crippen molar-refractivity contribution in [3.05, 3.63) is 83.8 Å². The molecule has 1 aromatic carbocycles. The Morgan fingerprint density at radius 1 is 1.16 bits per heavy atom. The van der Waals surface area contributed by atoms with Gasteiger partial charge in [-0.05, 0) is 36.8 Å². The first-order valence-corrected chi connectivity index (χ1v) is 10.1.